The highest BCUT2D eigenvalue weighted by atomic mass is 16.2. The minimum Gasteiger partial charge on any atom is -0.341 e. The lowest BCUT2D eigenvalue weighted by atomic mass is 9.89. The molecule has 27 heavy (non-hydrogen) atoms. The van der Waals surface area contributed by atoms with Crippen molar-refractivity contribution in [1.82, 2.24) is 14.9 Å². The van der Waals surface area contributed by atoms with Crippen molar-refractivity contribution in [2.75, 3.05) is 37.6 Å². The van der Waals surface area contributed by atoms with Crippen molar-refractivity contribution in [3.8, 4) is 0 Å². The minimum atomic E-state index is -0.0208. The molecule has 0 saturated carbocycles. The number of aromatic nitrogens is 2. The van der Waals surface area contributed by atoms with Crippen LogP contribution >= 0.6 is 0 Å². The van der Waals surface area contributed by atoms with Gasteiger partial charge in [0.15, 0.2) is 0 Å². The predicted octanol–water partition coefficient (Wildman–Crippen LogP) is 2.28. The molecule has 2 aromatic rings. The second-order valence-corrected chi connectivity index (χ2v) is 7.51. The normalized spacial score (nSPS) is 22.9. The topological polar surface area (TPSA) is 75.3 Å². The molecule has 2 saturated heterocycles. The number of benzene rings is 1. The molecule has 2 fully saturated rings. The Morgan fingerprint density at radius 2 is 1.85 bits per heavy atom. The summed E-state index contributed by atoms with van der Waals surface area (Å²) in [4.78, 5) is 26.1. The first-order valence-electron chi connectivity index (χ1n) is 9.88. The Labute approximate surface area is 160 Å². The fourth-order valence-corrected chi connectivity index (χ4v) is 4.23. The van der Waals surface area contributed by atoms with E-state index in [1.165, 1.54) is 12.0 Å². The average molecular weight is 365 g/mol. The summed E-state index contributed by atoms with van der Waals surface area (Å²) in [5.74, 6) is 1.21. The van der Waals surface area contributed by atoms with Crippen LogP contribution in [0.25, 0.3) is 0 Å². The molecule has 0 bridgehead atoms. The molecule has 6 nitrogen and oxygen atoms in total. The molecular formula is C21H27N5O. The van der Waals surface area contributed by atoms with E-state index in [4.69, 9.17) is 5.73 Å². The number of anilines is 1. The van der Waals surface area contributed by atoms with Crippen molar-refractivity contribution in [2.45, 2.75) is 25.2 Å². The third kappa shape index (κ3) is 3.81. The second-order valence-electron chi connectivity index (χ2n) is 7.51. The number of hydrogen-bond acceptors (Lipinski definition) is 5. The molecule has 2 N–H and O–H groups in total. The van der Waals surface area contributed by atoms with Crippen LogP contribution in [0.5, 0.6) is 0 Å². The zero-order valence-electron chi connectivity index (χ0n) is 15.6. The molecular weight excluding hydrogens is 338 g/mol. The van der Waals surface area contributed by atoms with Crippen molar-refractivity contribution >= 4 is 11.9 Å². The molecule has 6 heteroatoms. The molecule has 2 aliphatic rings. The van der Waals surface area contributed by atoms with Gasteiger partial charge in [-0.25, -0.2) is 9.97 Å². The lowest BCUT2D eigenvalue weighted by molar-refractivity contribution is 0.0780. The quantitative estimate of drug-likeness (QED) is 0.900. The van der Waals surface area contributed by atoms with E-state index in [1.807, 2.05) is 23.1 Å². The SMILES string of the molecule is NC[C@@H]1CN(C(=O)c2ccnc(N3CCCCC3)n2)C[C@H]1c1ccccc1. The van der Waals surface area contributed by atoms with Crippen molar-refractivity contribution in [2.24, 2.45) is 11.7 Å². The number of hydrogen-bond donors (Lipinski definition) is 1. The lowest BCUT2D eigenvalue weighted by Crippen LogP contribution is -2.33. The third-order valence-corrected chi connectivity index (χ3v) is 5.76. The van der Waals surface area contributed by atoms with Gasteiger partial charge in [-0.15, -0.1) is 0 Å². The minimum absolute atomic E-state index is 0.0208. The Bertz CT molecular complexity index is 775. The number of carbonyl (C=O) groups is 1. The third-order valence-electron chi connectivity index (χ3n) is 5.76. The van der Waals surface area contributed by atoms with E-state index < -0.39 is 0 Å². The van der Waals surface area contributed by atoms with Gasteiger partial charge in [-0.1, -0.05) is 30.3 Å². The zero-order valence-corrected chi connectivity index (χ0v) is 15.6. The molecule has 0 aliphatic carbocycles. The van der Waals surface area contributed by atoms with E-state index in [0.717, 1.165) is 25.9 Å². The largest absolute Gasteiger partial charge is 0.341 e. The monoisotopic (exact) mass is 365 g/mol. The standard InChI is InChI=1S/C21H27N5O/c22-13-17-14-26(15-18(17)16-7-3-1-4-8-16)20(27)19-9-10-23-21(24-19)25-11-5-2-6-12-25/h1,3-4,7-10,17-18H,2,5-6,11-15,22H2/t17-,18+/m1/s1. The average Bonchev–Trinajstić information content (AvgIpc) is 3.19. The molecule has 1 aromatic heterocycles. The summed E-state index contributed by atoms with van der Waals surface area (Å²) in [6, 6.07) is 12.1. The van der Waals surface area contributed by atoms with E-state index in [9.17, 15) is 4.79 Å². The molecule has 4 rings (SSSR count). The zero-order chi connectivity index (χ0) is 18.6. The summed E-state index contributed by atoms with van der Waals surface area (Å²) in [5, 5.41) is 0. The number of nitrogens with zero attached hydrogens (tertiary/aromatic N) is 4. The maximum absolute atomic E-state index is 13.1. The molecule has 142 valence electrons. The Balaban J connectivity index is 1.51. The van der Waals surface area contributed by atoms with Gasteiger partial charge in [0.05, 0.1) is 0 Å². The van der Waals surface area contributed by atoms with Crippen molar-refractivity contribution in [1.29, 1.82) is 0 Å². The summed E-state index contributed by atoms with van der Waals surface area (Å²) < 4.78 is 0. The number of rotatable bonds is 4. The predicted molar refractivity (Wildman–Crippen MR) is 106 cm³/mol. The van der Waals surface area contributed by atoms with Crippen LogP contribution in [0.3, 0.4) is 0 Å². The van der Waals surface area contributed by atoms with Gasteiger partial charge in [-0.3, -0.25) is 4.79 Å². The van der Waals surface area contributed by atoms with E-state index in [0.29, 0.717) is 31.3 Å². The van der Waals surface area contributed by atoms with Crippen LogP contribution in [0.4, 0.5) is 5.95 Å². The van der Waals surface area contributed by atoms with Gasteiger partial charge in [0.1, 0.15) is 5.69 Å². The first-order valence-corrected chi connectivity index (χ1v) is 9.88. The molecule has 3 heterocycles. The number of nitrogens with two attached hydrogens (primary N) is 1. The summed E-state index contributed by atoms with van der Waals surface area (Å²) in [6.45, 7) is 3.87. The summed E-state index contributed by atoms with van der Waals surface area (Å²) in [6.07, 6.45) is 5.27. The molecule has 0 unspecified atom stereocenters. The fraction of sp³-hybridized carbons (Fsp3) is 0.476. The van der Waals surface area contributed by atoms with E-state index in [2.05, 4.69) is 27.0 Å². The molecule has 0 spiro atoms. The Morgan fingerprint density at radius 1 is 1.07 bits per heavy atom. The van der Waals surface area contributed by atoms with E-state index >= 15 is 0 Å². The highest BCUT2D eigenvalue weighted by Crippen LogP contribution is 2.32. The number of carbonyl (C=O) groups excluding carboxylic acids is 1. The highest BCUT2D eigenvalue weighted by molar-refractivity contribution is 5.92. The summed E-state index contributed by atoms with van der Waals surface area (Å²) in [5.41, 5.74) is 7.75. The molecule has 2 aliphatic heterocycles. The molecule has 0 radical (unpaired) electrons. The van der Waals surface area contributed by atoms with Crippen LogP contribution in [-0.4, -0.2) is 53.5 Å². The van der Waals surface area contributed by atoms with Crippen LogP contribution in [0.1, 0.15) is 41.2 Å². The molecule has 1 amide bonds. The van der Waals surface area contributed by atoms with Gasteiger partial charge in [-0.2, -0.15) is 0 Å². The van der Waals surface area contributed by atoms with Gasteiger partial charge in [-0.05, 0) is 43.4 Å². The maximum Gasteiger partial charge on any atom is 0.272 e. The number of amides is 1. The van der Waals surface area contributed by atoms with Crippen molar-refractivity contribution in [3.05, 3.63) is 53.9 Å². The van der Waals surface area contributed by atoms with Gasteiger partial charge < -0.3 is 15.5 Å². The Morgan fingerprint density at radius 3 is 2.59 bits per heavy atom. The van der Waals surface area contributed by atoms with E-state index in [1.54, 1.807) is 12.3 Å². The van der Waals surface area contributed by atoms with Crippen LogP contribution in [0.15, 0.2) is 42.6 Å². The lowest BCUT2D eigenvalue weighted by Gasteiger charge is -2.26. The van der Waals surface area contributed by atoms with Gasteiger partial charge in [0.25, 0.3) is 5.91 Å². The van der Waals surface area contributed by atoms with Crippen LogP contribution < -0.4 is 10.6 Å². The summed E-state index contributed by atoms with van der Waals surface area (Å²) in [7, 11) is 0. The molecule has 1 aromatic carbocycles. The smallest absolute Gasteiger partial charge is 0.272 e. The van der Waals surface area contributed by atoms with E-state index in [-0.39, 0.29) is 17.7 Å². The van der Waals surface area contributed by atoms with Crippen LogP contribution in [0.2, 0.25) is 0 Å². The number of piperidine rings is 1. The first-order chi connectivity index (χ1) is 13.3. The Kier molecular flexibility index (Phi) is 5.34. The van der Waals surface area contributed by atoms with Crippen LogP contribution in [-0.2, 0) is 0 Å². The Hall–Kier alpha value is -2.47. The maximum atomic E-state index is 13.1. The summed E-state index contributed by atoms with van der Waals surface area (Å²) >= 11 is 0. The fourth-order valence-electron chi connectivity index (χ4n) is 4.23. The van der Waals surface area contributed by atoms with Gasteiger partial charge >= 0.3 is 0 Å². The van der Waals surface area contributed by atoms with Crippen molar-refractivity contribution in [3.63, 3.8) is 0 Å². The first kappa shape index (κ1) is 17.9. The van der Waals surface area contributed by atoms with Gasteiger partial charge in [0.2, 0.25) is 5.95 Å². The number of likely N-dealkylation sites (tertiary alicyclic amines) is 1. The molecule has 2 atom stereocenters. The second kappa shape index (κ2) is 8.05. The highest BCUT2D eigenvalue weighted by Gasteiger charge is 2.36. The van der Waals surface area contributed by atoms with Crippen molar-refractivity contribution < 1.29 is 4.79 Å². The van der Waals surface area contributed by atoms with Crippen LogP contribution in [0, 0.1) is 5.92 Å². The van der Waals surface area contributed by atoms with Gasteiger partial charge in [0, 0.05) is 38.3 Å².